The summed E-state index contributed by atoms with van der Waals surface area (Å²) < 4.78 is 10.5. The number of nitrogens with one attached hydrogen (secondary N) is 1. The molecule has 0 bridgehead atoms. The smallest absolute Gasteiger partial charge is 0.239 e. The summed E-state index contributed by atoms with van der Waals surface area (Å²) in [5.74, 6) is 0.388. The van der Waals surface area contributed by atoms with Gasteiger partial charge in [-0.15, -0.1) is 0 Å². The second-order valence-corrected chi connectivity index (χ2v) is 6.98. The Morgan fingerprint density at radius 2 is 1.79 bits per heavy atom. The first-order chi connectivity index (χ1) is 13.3. The molecule has 7 nitrogen and oxygen atoms in total. The van der Waals surface area contributed by atoms with Crippen LogP contribution in [0.15, 0.2) is 42.7 Å². The van der Waals surface area contributed by atoms with E-state index >= 15 is 0 Å². The van der Waals surface area contributed by atoms with E-state index in [-0.39, 0.29) is 5.91 Å². The van der Waals surface area contributed by atoms with Crippen molar-refractivity contribution in [3.05, 3.63) is 48.3 Å². The Balaban J connectivity index is 2.07. The molecule has 1 aromatic heterocycles. The zero-order valence-electron chi connectivity index (χ0n) is 17.0. The molecule has 0 aliphatic heterocycles. The van der Waals surface area contributed by atoms with Crippen LogP contribution in [0, 0.1) is 5.41 Å². The molecule has 0 radical (unpaired) electrons. The Morgan fingerprint density at radius 1 is 1.11 bits per heavy atom. The molecule has 1 aromatic carbocycles. The number of methoxy groups -OCH3 is 2. The number of hydrogen-bond acceptors (Lipinski definition) is 5. The van der Waals surface area contributed by atoms with Gasteiger partial charge in [-0.05, 0) is 50.1 Å². The quantitative estimate of drug-likeness (QED) is 0.707. The number of carbonyl (C=O) groups excluding carboxylic acids is 2. The second kappa shape index (κ2) is 9.21. The van der Waals surface area contributed by atoms with Crippen LogP contribution in [0.2, 0.25) is 0 Å². The highest BCUT2D eigenvalue weighted by Gasteiger charge is 2.38. The van der Waals surface area contributed by atoms with Crippen LogP contribution in [0.25, 0.3) is 0 Å². The number of rotatable bonds is 8. The van der Waals surface area contributed by atoms with Crippen LogP contribution in [-0.4, -0.2) is 49.5 Å². The molecule has 0 saturated heterocycles. The van der Waals surface area contributed by atoms with E-state index in [1.165, 1.54) is 7.11 Å². The topological polar surface area (TPSA) is 80.8 Å². The first-order valence-electron chi connectivity index (χ1n) is 8.97. The van der Waals surface area contributed by atoms with Gasteiger partial charge in [0.2, 0.25) is 11.8 Å². The minimum absolute atomic E-state index is 0.263. The molecular formula is C21H27N3O4. The van der Waals surface area contributed by atoms with Crippen LogP contribution < -0.4 is 14.8 Å². The molecule has 1 heterocycles. The summed E-state index contributed by atoms with van der Waals surface area (Å²) in [5.41, 5.74) is 0.284. The number of ether oxygens (including phenoxy) is 2. The molecule has 0 aliphatic carbocycles. The summed E-state index contributed by atoms with van der Waals surface area (Å²) >= 11 is 0. The third kappa shape index (κ3) is 5.00. The number of amides is 2. The van der Waals surface area contributed by atoms with Gasteiger partial charge in [-0.25, -0.2) is 0 Å². The lowest BCUT2D eigenvalue weighted by atomic mass is 9.90. The number of benzene rings is 1. The van der Waals surface area contributed by atoms with Gasteiger partial charge in [-0.2, -0.15) is 0 Å². The first kappa shape index (κ1) is 21.2. The third-order valence-electron chi connectivity index (χ3n) is 4.59. The van der Waals surface area contributed by atoms with Crippen molar-refractivity contribution in [2.75, 3.05) is 33.1 Å². The standard InChI is InChI=1S/C21H27N3O4/c1-21(2,20(26)24(3)13-10-15-8-11-22-12-9-15)19(25)23-17-14-16(27-4)6-7-18(17)28-5/h6-9,11-12,14H,10,13H2,1-5H3,(H,23,25). The zero-order valence-corrected chi connectivity index (χ0v) is 17.0. The molecule has 0 saturated carbocycles. The molecule has 7 heteroatoms. The van der Waals surface area contributed by atoms with Crippen molar-refractivity contribution in [1.82, 2.24) is 9.88 Å². The maximum atomic E-state index is 12.9. The van der Waals surface area contributed by atoms with E-state index in [2.05, 4.69) is 10.3 Å². The monoisotopic (exact) mass is 385 g/mol. The van der Waals surface area contributed by atoms with E-state index in [4.69, 9.17) is 9.47 Å². The number of likely N-dealkylation sites (N-methyl/N-ethyl adjacent to an activating group) is 1. The SMILES string of the molecule is COc1ccc(OC)c(NC(=O)C(C)(C)C(=O)N(C)CCc2ccncc2)c1. The van der Waals surface area contributed by atoms with Crippen LogP contribution in [0.3, 0.4) is 0 Å². The van der Waals surface area contributed by atoms with E-state index in [1.54, 1.807) is 63.5 Å². The Morgan fingerprint density at radius 3 is 2.39 bits per heavy atom. The van der Waals surface area contributed by atoms with E-state index in [0.29, 0.717) is 30.2 Å². The molecule has 150 valence electrons. The lowest BCUT2D eigenvalue weighted by Gasteiger charge is -2.28. The van der Waals surface area contributed by atoms with Crippen LogP contribution in [0.5, 0.6) is 11.5 Å². The Hall–Kier alpha value is -3.09. The van der Waals surface area contributed by atoms with Crippen LogP contribution in [0.4, 0.5) is 5.69 Å². The summed E-state index contributed by atoms with van der Waals surface area (Å²) in [6.45, 7) is 3.72. The van der Waals surface area contributed by atoms with Gasteiger partial charge in [0.25, 0.3) is 0 Å². The number of carbonyl (C=O) groups is 2. The van der Waals surface area contributed by atoms with Crippen molar-refractivity contribution in [2.24, 2.45) is 5.41 Å². The van der Waals surface area contributed by atoms with Gasteiger partial charge in [-0.3, -0.25) is 14.6 Å². The molecule has 0 spiro atoms. The lowest BCUT2D eigenvalue weighted by molar-refractivity contribution is -0.145. The molecule has 0 atom stereocenters. The van der Waals surface area contributed by atoms with Gasteiger partial charge < -0.3 is 19.7 Å². The molecule has 2 amide bonds. The average Bonchev–Trinajstić information content (AvgIpc) is 2.71. The average molecular weight is 385 g/mol. The van der Waals surface area contributed by atoms with E-state index in [1.807, 2.05) is 12.1 Å². The highest BCUT2D eigenvalue weighted by molar-refractivity contribution is 6.10. The van der Waals surface area contributed by atoms with Crippen LogP contribution in [0.1, 0.15) is 19.4 Å². The van der Waals surface area contributed by atoms with Gasteiger partial charge in [-0.1, -0.05) is 0 Å². The van der Waals surface area contributed by atoms with E-state index in [9.17, 15) is 9.59 Å². The van der Waals surface area contributed by atoms with Gasteiger partial charge >= 0.3 is 0 Å². The molecule has 2 rings (SSSR count). The summed E-state index contributed by atoms with van der Waals surface area (Å²) in [5, 5.41) is 2.79. The second-order valence-electron chi connectivity index (χ2n) is 6.98. The molecule has 1 N–H and O–H groups in total. The number of nitrogens with zero attached hydrogens (tertiary/aromatic N) is 2. The Bertz CT molecular complexity index is 822. The molecule has 28 heavy (non-hydrogen) atoms. The minimum atomic E-state index is -1.25. The number of aromatic nitrogens is 1. The van der Waals surface area contributed by atoms with Crippen molar-refractivity contribution in [1.29, 1.82) is 0 Å². The highest BCUT2D eigenvalue weighted by atomic mass is 16.5. The number of pyridine rings is 1. The van der Waals surface area contributed by atoms with E-state index < -0.39 is 11.3 Å². The summed E-state index contributed by atoms with van der Waals surface area (Å²) in [4.78, 5) is 31.3. The van der Waals surface area contributed by atoms with Crippen molar-refractivity contribution in [3.63, 3.8) is 0 Å². The van der Waals surface area contributed by atoms with Crippen molar-refractivity contribution < 1.29 is 19.1 Å². The van der Waals surface area contributed by atoms with Crippen molar-refractivity contribution in [3.8, 4) is 11.5 Å². The third-order valence-corrected chi connectivity index (χ3v) is 4.59. The molecule has 0 fully saturated rings. The predicted octanol–water partition coefficient (Wildman–Crippen LogP) is 2.76. The van der Waals surface area contributed by atoms with Gasteiger partial charge in [0.05, 0.1) is 19.9 Å². The molecule has 2 aromatic rings. The number of anilines is 1. The Kier molecular flexibility index (Phi) is 6.98. The number of hydrogen-bond donors (Lipinski definition) is 1. The van der Waals surface area contributed by atoms with Crippen molar-refractivity contribution >= 4 is 17.5 Å². The zero-order chi connectivity index (χ0) is 20.7. The largest absolute Gasteiger partial charge is 0.497 e. The van der Waals surface area contributed by atoms with E-state index in [0.717, 1.165) is 5.56 Å². The fourth-order valence-corrected chi connectivity index (χ4v) is 2.71. The summed E-state index contributed by atoms with van der Waals surface area (Å²) in [6.07, 6.45) is 4.12. The fourth-order valence-electron chi connectivity index (χ4n) is 2.71. The predicted molar refractivity (Wildman–Crippen MR) is 108 cm³/mol. The van der Waals surface area contributed by atoms with Crippen LogP contribution in [-0.2, 0) is 16.0 Å². The Labute approximate surface area is 165 Å². The van der Waals surface area contributed by atoms with Crippen molar-refractivity contribution in [2.45, 2.75) is 20.3 Å². The molecule has 0 unspecified atom stereocenters. The maximum absolute atomic E-state index is 12.9. The molecular weight excluding hydrogens is 358 g/mol. The molecule has 0 aliphatic rings. The first-order valence-corrected chi connectivity index (χ1v) is 8.97. The lowest BCUT2D eigenvalue weighted by Crippen LogP contribution is -2.46. The minimum Gasteiger partial charge on any atom is -0.497 e. The van der Waals surface area contributed by atoms with Gasteiger partial charge in [0.1, 0.15) is 16.9 Å². The maximum Gasteiger partial charge on any atom is 0.239 e. The van der Waals surface area contributed by atoms with Gasteiger partial charge in [0, 0.05) is 32.1 Å². The summed E-state index contributed by atoms with van der Waals surface area (Å²) in [7, 11) is 4.75. The highest BCUT2D eigenvalue weighted by Crippen LogP contribution is 2.31. The summed E-state index contributed by atoms with van der Waals surface area (Å²) in [6, 6.07) is 8.91. The normalized spacial score (nSPS) is 10.9. The fraction of sp³-hybridized carbons (Fsp3) is 0.381. The van der Waals surface area contributed by atoms with Gasteiger partial charge in [0.15, 0.2) is 0 Å². The van der Waals surface area contributed by atoms with Crippen LogP contribution >= 0.6 is 0 Å².